The van der Waals surface area contributed by atoms with Gasteiger partial charge in [-0.15, -0.1) is 0 Å². The third-order valence-corrected chi connectivity index (χ3v) is 3.63. The van der Waals surface area contributed by atoms with Crippen molar-refractivity contribution in [3.63, 3.8) is 0 Å². The van der Waals surface area contributed by atoms with E-state index in [9.17, 15) is 0 Å². The summed E-state index contributed by atoms with van der Waals surface area (Å²) in [4.78, 5) is 2.75. The molecule has 2 N–H and O–H groups in total. The van der Waals surface area contributed by atoms with Crippen molar-refractivity contribution in [1.29, 1.82) is 0 Å². The number of hydrogen-bond acceptors (Lipinski definition) is 3. The molecule has 1 heterocycles. The third-order valence-electron chi connectivity index (χ3n) is 3.05. The minimum atomic E-state index is 0.532. The summed E-state index contributed by atoms with van der Waals surface area (Å²) in [5.41, 5.74) is 8.10. The Bertz CT molecular complexity index is 465. The zero-order valence-electron chi connectivity index (χ0n) is 10.4. The first-order valence-corrected chi connectivity index (χ1v) is 7.25. The fraction of sp³-hybridized carbons (Fsp3) is 0.462. The lowest BCUT2D eigenvalue weighted by Crippen LogP contribution is -2.32. The summed E-state index contributed by atoms with van der Waals surface area (Å²) in [6, 6.07) is 4.25. The van der Waals surface area contributed by atoms with Gasteiger partial charge in [0, 0.05) is 29.5 Å². The predicted octanol–water partition coefficient (Wildman–Crippen LogP) is 2.49. The molecule has 2 rings (SSSR count). The molecule has 0 aromatic heterocycles. The lowest BCUT2D eigenvalue weighted by atomic mass is 10.1. The molecule has 98 valence electrons. The second-order valence-electron chi connectivity index (χ2n) is 4.42. The van der Waals surface area contributed by atoms with Crippen LogP contribution in [0.1, 0.15) is 18.1 Å². The number of benzene rings is 1. The molecule has 1 aromatic rings. The van der Waals surface area contributed by atoms with Gasteiger partial charge >= 0.3 is 0 Å². The number of likely N-dealkylation sites (N-methyl/N-ethyl adjacent to an activating group) is 1. The van der Waals surface area contributed by atoms with Crippen LogP contribution >= 0.6 is 28.1 Å². The molecule has 1 aliphatic heterocycles. The fourth-order valence-electron chi connectivity index (χ4n) is 2.20. The van der Waals surface area contributed by atoms with E-state index in [-0.39, 0.29) is 0 Å². The first-order valence-electron chi connectivity index (χ1n) is 6.05. The van der Waals surface area contributed by atoms with E-state index in [0.717, 1.165) is 36.3 Å². The number of nitrogens with two attached hydrogens (primary N) is 1. The zero-order chi connectivity index (χ0) is 13.1. The van der Waals surface area contributed by atoms with Crippen LogP contribution in [0.3, 0.4) is 0 Å². The van der Waals surface area contributed by atoms with Crippen molar-refractivity contribution >= 4 is 33.1 Å². The van der Waals surface area contributed by atoms with Gasteiger partial charge in [-0.3, -0.25) is 4.90 Å². The molecule has 0 unspecified atom stereocenters. The van der Waals surface area contributed by atoms with E-state index >= 15 is 0 Å². The topological polar surface area (TPSA) is 38.5 Å². The van der Waals surface area contributed by atoms with Crippen LogP contribution in [0.5, 0.6) is 5.75 Å². The van der Waals surface area contributed by atoms with Crippen molar-refractivity contribution in [3.8, 4) is 5.75 Å². The Labute approximate surface area is 121 Å². The largest absolute Gasteiger partial charge is 0.493 e. The number of rotatable bonds is 5. The molecule has 0 atom stereocenters. The van der Waals surface area contributed by atoms with Crippen LogP contribution < -0.4 is 10.5 Å². The van der Waals surface area contributed by atoms with Gasteiger partial charge in [0.25, 0.3) is 0 Å². The molecule has 3 nitrogen and oxygen atoms in total. The van der Waals surface area contributed by atoms with Gasteiger partial charge in [0.1, 0.15) is 5.75 Å². The summed E-state index contributed by atoms with van der Waals surface area (Å²) in [7, 11) is 0. The van der Waals surface area contributed by atoms with Crippen molar-refractivity contribution in [1.82, 2.24) is 4.90 Å². The molecular weight excluding hydrogens is 312 g/mol. The maximum atomic E-state index is 5.72. The zero-order valence-corrected chi connectivity index (χ0v) is 12.8. The molecule has 0 fully saturated rings. The van der Waals surface area contributed by atoms with E-state index < -0.39 is 0 Å². The van der Waals surface area contributed by atoms with Crippen molar-refractivity contribution < 1.29 is 4.74 Å². The number of hydrogen-bond donors (Lipinski definition) is 1. The van der Waals surface area contributed by atoms with E-state index in [0.29, 0.717) is 11.5 Å². The first-order chi connectivity index (χ1) is 8.60. The van der Waals surface area contributed by atoms with Gasteiger partial charge in [-0.2, -0.15) is 0 Å². The molecule has 0 aliphatic carbocycles. The normalized spacial score (nSPS) is 13.5. The van der Waals surface area contributed by atoms with Crippen LogP contribution in [0.25, 0.3) is 0 Å². The van der Waals surface area contributed by atoms with Crippen LogP contribution in [-0.2, 0) is 13.0 Å². The smallest absolute Gasteiger partial charge is 0.127 e. The second kappa shape index (κ2) is 5.99. The minimum absolute atomic E-state index is 0.532. The molecule has 1 aromatic carbocycles. The lowest BCUT2D eigenvalue weighted by molar-refractivity contribution is 0.306. The molecule has 1 aliphatic rings. The third kappa shape index (κ3) is 3.22. The summed E-state index contributed by atoms with van der Waals surface area (Å²) in [6.45, 7) is 5.26. The summed E-state index contributed by atoms with van der Waals surface area (Å²) >= 11 is 8.53. The molecule has 0 radical (unpaired) electrons. The number of halogens is 1. The molecule has 0 spiro atoms. The van der Waals surface area contributed by atoms with Gasteiger partial charge in [0.05, 0.1) is 11.6 Å². The molecule has 0 saturated carbocycles. The molecular formula is C13H17BrN2OS. The Morgan fingerprint density at radius 2 is 2.33 bits per heavy atom. The van der Waals surface area contributed by atoms with E-state index in [4.69, 9.17) is 22.7 Å². The van der Waals surface area contributed by atoms with Gasteiger partial charge < -0.3 is 10.5 Å². The Morgan fingerprint density at radius 3 is 3.00 bits per heavy atom. The summed E-state index contributed by atoms with van der Waals surface area (Å²) in [6.07, 6.45) is 0.989. The second-order valence-corrected chi connectivity index (χ2v) is 5.86. The van der Waals surface area contributed by atoms with Crippen molar-refractivity contribution in [3.05, 3.63) is 27.7 Å². The van der Waals surface area contributed by atoms with Crippen molar-refractivity contribution in [2.24, 2.45) is 5.73 Å². The molecule has 0 amide bonds. The maximum absolute atomic E-state index is 5.72. The van der Waals surface area contributed by atoms with Crippen LogP contribution in [0, 0.1) is 0 Å². The van der Waals surface area contributed by atoms with Crippen LogP contribution in [0.2, 0.25) is 0 Å². The summed E-state index contributed by atoms with van der Waals surface area (Å²) in [5, 5.41) is 0. The standard InChI is InChI=1S/C13H17BrN2OS/c1-2-16(8-12(15)18)7-10-6-11(14)5-9-3-4-17-13(9)10/h5-6H,2-4,7-8H2,1H3,(H2,15,18). The maximum Gasteiger partial charge on any atom is 0.127 e. The highest BCUT2D eigenvalue weighted by atomic mass is 79.9. The van der Waals surface area contributed by atoms with E-state index in [1.54, 1.807) is 0 Å². The average molecular weight is 329 g/mol. The molecule has 0 saturated heterocycles. The Hall–Kier alpha value is -0.650. The van der Waals surface area contributed by atoms with Gasteiger partial charge in [-0.05, 0) is 24.2 Å². The monoisotopic (exact) mass is 328 g/mol. The Kier molecular flexibility index (Phi) is 4.59. The predicted molar refractivity (Wildman–Crippen MR) is 81.1 cm³/mol. The first kappa shape index (κ1) is 13.8. The number of ether oxygens (including phenoxy) is 1. The number of nitrogens with zero attached hydrogens (tertiary/aromatic N) is 1. The SMILES string of the molecule is CCN(CC(N)=S)Cc1cc(Br)cc2c1OCC2. The van der Waals surface area contributed by atoms with E-state index in [2.05, 4.69) is 39.9 Å². The van der Waals surface area contributed by atoms with Gasteiger partial charge in [0.15, 0.2) is 0 Å². The summed E-state index contributed by atoms with van der Waals surface area (Å²) < 4.78 is 6.83. The van der Waals surface area contributed by atoms with Gasteiger partial charge in [-0.25, -0.2) is 0 Å². The molecule has 0 bridgehead atoms. The number of fused-ring (bicyclic) bond motifs is 1. The molecule has 5 heteroatoms. The highest BCUT2D eigenvalue weighted by Gasteiger charge is 2.18. The Morgan fingerprint density at radius 1 is 1.56 bits per heavy atom. The lowest BCUT2D eigenvalue weighted by Gasteiger charge is -2.21. The fourth-order valence-corrected chi connectivity index (χ4v) is 2.94. The van der Waals surface area contributed by atoms with Gasteiger partial charge in [-0.1, -0.05) is 35.1 Å². The minimum Gasteiger partial charge on any atom is -0.493 e. The van der Waals surface area contributed by atoms with Gasteiger partial charge in [0.2, 0.25) is 0 Å². The molecule has 18 heavy (non-hydrogen) atoms. The highest BCUT2D eigenvalue weighted by Crippen LogP contribution is 2.33. The average Bonchev–Trinajstić information content (AvgIpc) is 2.75. The van der Waals surface area contributed by atoms with Crippen LogP contribution in [-0.4, -0.2) is 29.6 Å². The quantitative estimate of drug-likeness (QED) is 0.843. The van der Waals surface area contributed by atoms with Crippen molar-refractivity contribution in [2.75, 3.05) is 19.7 Å². The Balaban J connectivity index is 2.20. The van der Waals surface area contributed by atoms with Crippen LogP contribution in [0.15, 0.2) is 16.6 Å². The summed E-state index contributed by atoms with van der Waals surface area (Å²) in [5.74, 6) is 1.04. The highest BCUT2D eigenvalue weighted by molar-refractivity contribution is 9.10. The number of thiocarbonyl (C=S) groups is 1. The van der Waals surface area contributed by atoms with E-state index in [1.807, 2.05) is 0 Å². The van der Waals surface area contributed by atoms with E-state index in [1.165, 1.54) is 11.1 Å². The van der Waals surface area contributed by atoms with Crippen molar-refractivity contribution in [2.45, 2.75) is 19.9 Å². The van der Waals surface area contributed by atoms with Crippen LogP contribution in [0.4, 0.5) is 0 Å².